The van der Waals surface area contributed by atoms with Crippen LogP contribution < -0.4 is 20.7 Å². The molecule has 10 heteroatoms. The third-order valence-corrected chi connectivity index (χ3v) is 6.52. The molecule has 3 aromatic heterocycles. The third kappa shape index (κ3) is 4.12. The first-order valence-corrected chi connectivity index (χ1v) is 11.7. The molecule has 178 valence electrons. The maximum atomic E-state index is 13.0. The number of pyridine rings is 1. The number of aromatic amines is 1. The van der Waals surface area contributed by atoms with Crippen LogP contribution >= 0.6 is 0 Å². The molecule has 0 saturated carbocycles. The molecule has 0 aliphatic carbocycles. The van der Waals surface area contributed by atoms with Crippen molar-refractivity contribution in [3.8, 4) is 16.9 Å². The van der Waals surface area contributed by atoms with E-state index in [-0.39, 0.29) is 11.8 Å². The average Bonchev–Trinajstić information content (AvgIpc) is 3.49. The molecule has 1 aromatic carbocycles. The summed E-state index contributed by atoms with van der Waals surface area (Å²) < 4.78 is 7.69. The van der Waals surface area contributed by atoms with E-state index >= 15 is 0 Å². The van der Waals surface area contributed by atoms with E-state index in [4.69, 9.17) is 4.74 Å². The molecule has 0 radical (unpaired) electrons. The number of ether oxygens (including phenoxy) is 1. The Morgan fingerprint density at radius 2 is 2.00 bits per heavy atom. The number of amides is 2. The number of nitrogens with zero attached hydrogens (tertiary/aromatic N) is 3. The minimum absolute atomic E-state index is 0.146. The number of carbonyl (C=O) groups is 2. The van der Waals surface area contributed by atoms with Crippen LogP contribution in [0.25, 0.3) is 22.2 Å². The molecule has 5 heterocycles. The van der Waals surface area contributed by atoms with Crippen molar-refractivity contribution in [1.29, 1.82) is 0 Å². The van der Waals surface area contributed by atoms with Crippen LogP contribution in [0.2, 0.25) is 0 Å². The smallest absolute Gasteiger partial charge is 0.257 e. The van der Waals surface area contributed by atoms with E-state index < -0.39 is 0 Å². The zero-order valence-electron chi connectivity index (χ0n) is 19.0. The number of nitrogens with one attached hydrogen (secondary N) is 4. The number of rotatable bonds is 4. The number of fused-ring (bicyclic) bond motifs is 2. The molecule has 10 nitrogen and oxygen atoms in total. The fraction of sp³-hybridized carbons (Fsp3) is 0.280. The lowest BCUT2D eigenvalue weighted by Gasteiger charge is -2.22. The van der Waals surface area contributed by atoms with E-state index in [9.17, 15) is 9.59 Å². The predicted molar refractivity (Wildman–Crippen MR) is 131 cm³/mol. The van der Waals surface area contributed by atoms with Crippen molar-refractivity contribution in [2.75, 3.05) is 31.6 Å². The highest BCUT2D eigenvalue weighted by Gasteiger charge is 2.20. The van der Waals surface area contributed by atoms with Gasteiger partial charge in [-0.15, -0.1) is 0 Å². The summed E-state index contributed by atoms with van der Waals surface area (Å²) in [6.07, 6.45) is 9.00. The number of H-pyrrole nitrogens is 1. The number of anilines is 1. The molecule has 0 bridgehead atoms. The normalized spacial score (nSPS) is 16.3. The highest BCUT2D eigenvalue weighted by atomic mass is 16.5. The van der Waals surface area contributed by atoms with Gasteiger partial charge in [-0.2, -0.15) is 5.10 Å². The Morgan fingerprint density at radius 3 is 2.89 bits per heavy atom. The summed E-state index contributed by atoms with van der Waals surface area (Å²) in [4.78, 5) is 32.8. The van der Waals surface area contributed by atoms with E-state index in [1.807, 2.05) is 35.3 Å². The quantitative estimate of drug-likeness (QED) is 0.363. The van der Waals surface area contributed by atoms with Crippen LogP contribution in [0.15, 0.2) is 49.1 Å². The number of carbonyl (C=O) groups excluding carboxylic acids is 2. The fourth-order valence-electron chi connectivity index (χ4n) is 4.66. The lowest BCUT2D eigenvalue weighted by molar-refractivity contribution is 0.0956. The Labute approximate surface area is 201 Å². The van der Waals surface area contributed by atoms with Gasteiger partial charge in [-0.05, 0) is 49.7 Å². The number of piperidine rings is 1. The monoisotopic (exact) mass is 471 g/mol. The van der Waals surface area contributed by atoms with Gasteiger partial charge in [0.25, 0.3) is 11.8 Å². The first-order valence-electron chi connectivity index (χ1n) is 11.7. The second-order valence-electron chi connectivity index (χ2n) is 8.78. The molecular formula is C25H25N7O3. The Bertz CT molecular complexity index is 1420. The Balaban J connectivity index is 1.26. The van der Waals surface area contributed by atoms with Gasteiger partial charge in [-0.3, -0.25) is 14.3 Å². The molecule has 6 rings (SSSR count). The standard InChI is InChI=1S/C25H25N7O3/c33-24(31-17-12-30-32(14-17)18-3-5-26-6-4-18)16-9-20-21(13-29-23(20)28-11-16)15-1-2-19-22(10-15)35-8-7-27-25(19)34/h1-2,9-14,18,26H,3-8H2,(H,27,34)(H,28,29)(H,31,33). The van der Waals surface area contributed by atoms with Gasteiger partial charge in [0, 0.05) is 29.5 Å². The maximum Gasteiger partial charge on any atom is 0.257 e. The second-order valence-corrected chi connectivity index (χ2v) is 8.78. The summed E-state index contributed by atoms with van der Waals surface area (Å²) in [5, 5.41) is 14.3. The minimum Gasteiger partial charge on any atom is -0.491 e. The number of hydrogen-bond donors (Lipinski definition) is 4. The van der Waals surface area contributed by atoms with Crippen molar-refractivity contribution in [2.45, 2.75) is 18.9 Å². The fourth-order valence-corrected chi connectivity index (χ4v) is 4.66. The summed E-state index contributed by atoms with van der Waals surface area (Å²) in [6.45, 7) is 2.83. The van der Waals surface area contributed by atoms with Crippen LogP contribution in [0.1, 0.15) is 39.6 Å². The van der Waals surface area contributed by atoms with E-state index in [2.05, 4.69) is 31.0 Å². The minimum atomic E-state index is -0.252. The van der Waals surface area contributed by atoms with Crippen molar-refractivity contribution in [2.24, 2.45) is 0 Å². The molecule has 35 heavy (non-hydrogen) atoms. The van der Waals surface area contributed by atoms with Crippen molar-refractivity contribution < 1.29 is 14.3 Å². The van der Waals surface area contributed by atoms with Crippen LogP contribution in [0.4, 0.5) is 5.69 Å². The molecule has 0 spiro atoms. The summed E-state index contributed by atoms with van der Waals surface area (Å²) in [5.41, 5.74) is 4.02. The molecule has 2 aliphatic heterocycles. The molecule has 0 unspecified atom stereocenters. The summed E-state index contributed by atoms with van der Waals surface area (Å²) in [7, 11) is 0. The highest BCUT2D eigenvalue weighted by molar-refractivity contribution is 6.07. The average molecular weight is 472 g/mol. The van der Waals surface area contributed by atoms with E-state index in [0.717, 1.165) is 42.4 Å². The number of hydrogen-bond acceptors (Lipinski definition) is 6. The van der Waals surface area contributed by atoms with Crippen LogP contribution in [-0.4, -0.2) is 57.8 Å². The Kier molecular flexibility index (Phi) is 5.42. The van der Waals surface area contributed by atoms with Crippen LogP contribution in [-0.2, 0) is 0 Å². The van der Waals surface area contributed by atoms with Crippen LogP contribution in [0, 0.1) is 0 Å². The first kappa shape index (κ1) is 21.4. The predicted octanol–water partition coefficient (Wildman–Crippen LogP) is 2.73. The molecule has 0 atom stereocenters. The zero-order chi connectivity index (χ0) is 23.8. The van der Waals surface area contributed by atoms with E-state index in [1.54, 1.807) is 18.5 Å². The first-order chi connectivity index (χ1) is 17.2. The second kappa shape index (κ2) is 8.88. The third-order valence-electron chi connectivity index (χ3n) is 6.52. The number of benzene rings is 1. The Morgan fingerprint density at radius 1 is 1.11 bits per heavy atom. The van der Waals surface area contributed by atoms with E-state index in [0.29, 0.717) is 47.4 Å². The number of aromatic nitrogens is 4. The van der Waals surface area contributed by atoms with Gasteiger partial charge in [0.2, 0.25) is 0 Å². The van der Waals surface area contributed by atoms with E-state index in [1.165, 1.54) is 0 Å². The van der Waals surface area contributed by atoms with Gasteiger partial charge in [-0.25, -0.2) is 4.98 Å². The van der Waals surface area contributed by atoms with Crippen LogP contribution in [0.5, 0.6) is 5.75 Å². The topological polar surface area (TPSA) is 126 Å². The summed E-state index contributed by atoms with van der Waals surface area (Å²) in [6, 6.07) is 7.65. The Hall–Kier alpha value is -4.18. The lowest BCUT2D eigenvalue weighted by Crippen LogP contribution is -2.29. The van der Waals surface area contributed by atoms with Gasteiger partial charge < -0.3 is 25.7 Å². The highest BCUT2D eigenvalue weighted by Crippen LogP contribution is 2.33. The molecule has 2 amide bonds. The van der Waals surface area contributed by atoms with Crippen molar-refractivity contribution >= 4 is 28.5 Å². The van der Waals surface area contributed by atoms with Gasteiger partial charge in [0.1, 0.15) is 18.0 Å². The largest absolute Gasteiger partial charge is 0.491 e. The summed E-state index contributed by atoms with van der Waals surface area (Å²) in [5.74, 6) is 0.143. The van der Waals surface area contributed by atoms with Crippen molar-refractivity contribution in [3.63, 3.8) is 0 Å². The molecule has 1 saturated heterocycles. The SMILES string of the molecule is O=C(Nc1cnn(C2CCNCC2)c1)c1cnc2[nH]cc(-c3ccc4c(c3)OCCNC4=O)c2c1. The van der Waals surface area contributed by atoms with Crippen LogP contribution in [0.3, 0.4) is 0 Å². The van der Waals surface area contributed by atoms with Gasteiger partial charge in [0.05, 0.1) is 35.6 Å². The maximum absolute atomic E-state index is 13.0. The molecule has 4 aromatic rings. The van der Waals surface area contributed by atoms with Gasteiger partial charge >= 0.3 is 0 Å². The molecular weight excluding hydrogens is 446 g/mol. The van der Waals surface area contributed by atoms with Gasteiger partial charge in [-0.1, -0.05) is 6.07 Å². The zero-order valence-corrected chi connectivity index (χ0v) is 19.0. The molecule has 2 aliphatic rings. The molecule has 1 fully saturated rings. The van der Waals surface area contributed by atoms with Crippen molar-refractivity contribution in [3.05, 3.63) is 60.2 Å². The lowest BCUT2D eigenvalue weighted by atomic mass is 10.0. The summed E-state index contributed by atoms with van der Waals surface area (Å²) >= 11 is 0. The van der Waals surface area contributed by atoms with Gasteiger partial charge in [0.15, 0.2) is 0 Å². The molecule has 4 N–H and O–H groups in total. The van der Waals surface area contributed by atoms with Crippen molar-refractivity contribution in [1.82, 2.24) is 30.4 Å².